The Hall–Kier alpha value is -1.38. The summed E-state index contributed by atoms with van der Waals surface area (Å²) in [6.07, 6.45) is 3.46. The summed E-state index contributed by atoms with van der Waals surface area (Å²) >= 11 is 5.85. The number of halogens is 1. The van der Waals surface area contributed by atoms with Crippen LogP contribution in [0.1, 0.15) is 11.1 Å². The van der Waals surface area contributed by atoms with Crippen LogP contribution in [-0.4, -0.2) is 4.98 Å². The molecule has 0 bridgehead atoms. The highest BCUT2D eigenvalue weighted by Crippen LogP contribution is 2.08. The van der Waals surface area contributed by atoms with Crippen molar-refractivity contribution in [2.24, 2.45) is 0 Å². The van der Waals surface area contributed by atoms with Gasteiger partial charge in [-0.2, -0.15) is 0 Å². The van der Waals surface area contributed by atoms with E-state index in [0.717, 1.165) is 18.7 Å². The lowest BCUT2D eigenvalue weighted by Crippen LogP contribution is -2.12. The van der Waals surface area contributed by atoms with E-state index in [1.165, 1.54) is 5.56 Å². The van der Waals surface area contributed by atoms with Gasteiger partial charge in [0, 0.05) is 25.5 Å². The first kappa shape index (κ1) is 11.1. The minimum Gasteiger partial charge on any atom is -0.309 e. The van der Waals surface area contributed by atoms with Gasteiger partial charge in [0.1, 0.15) is 0 Å². The quantitative estimate of drug-likeness (QED) is 0.877. The molecule has 0 unspecified atom stereocenters. The molecular formula is C13H13ClN2. The molecule has 0 aliphatic heterocycles. The largest absolute Gasteiger partial charge is 0.309 e. The fourth-order valence-electron chi connectivity index (χ4n) is 1.50. The Morgan fingerprint density at radius 3 is 2.50 bits per heavy atom. The van der Waals surface area contributed by atoms with E-state index in [1.54, 1.807) is 6.20 Å². The van der Waals surface area contributed by atoms with Gasteiger partial charge < -0.3 is 5.32 Å². The Morgan fingerprint density at radius 2 is 1.75 bits per heavy atom. The lowest BCUT2D eigenvalue weighted by atomic mass is 10.2. The average Bonchev–Trinajstić information content (AvgIpc) is 2.30. The summed E-state index contributed by atoms with van der Waals surface area (Å²) in [7, 11) is 0. The van der Waals surface area contributed by atoms with Crippen LogP contribution in [0.15, 0.2) is 48.8 Å². The van der Waals surface area contributed by atoms with Gasteiger partial charge in [-0.05, 0) is 17.2 Å². The number of hydrogen-bond donors (Lipinski definition) is 1. The molecule has 0 fully saturated rings. The third kappa shape index (κ3) is 3.33. The smallest absolute Gasteiger partial charge is 0.0592 e. The van der Waals surface area contributed by atoms with Crippen LogP contribution in [0, 0.1) is 0 Å². The predicted octanol–water partition coefficient (Wildman–Crippen LogP) is 3.02. The van der Waals surface area contributed by atoms with Gasteiger partial charge in [0.25, 0.3) is 0 Å². The van der Waals surface area contributed by atoms with Crippen molar-refractivity contribution in [3.8, 4) is 0 Å². The fourth-order valence-corrected chi connectivity index (χ4v) is 1.70. The van der Waals surface area contributed by atoms with Crippen molar-refractivity contribution in [3.63, 3.8) is 0 Å². The van der Waals surface area contributed by atoms with Crippen LogP contribution in [0.5, 0.6) is 0 Å². The molecule has 0 amide bonds. The molecule has 1 aromatic heterocycles. The van der Waals surface area contributed by atoms with E-state index in [-0.39, 0.29) is 0 Å². The first-order valence-electron chi connectivity index (χ1n) is 5.18. The topological polar surface area (TPSA) is 24.9 Å². The van der Waals surface area contributed by atoms with Gasteiger partial charge in [-0.1, -0.05) is 41.9 Å². The number of aromatic nitrogens is 1. The highest BCUT2D eigenvalue weighted by molar-refractivity contribution is 6.30. The van der Waals surface area contributed by atoms with Crippen LogP contribution in [0.3, 0.4) is 0 Å². The number of hydrogen-bond acceptors (Lipinski definition) is 2. The molecule has 82 valence electrons. The number of benzene rings is 1. The van der Waals surface area contributed by atoms with E-state index in [2.05, 4.69) is 22.4 Å². The molecule has 1 aromatic carbocycles. The number of rotatable bonds is 4. The monoisotopic (exact) mass is 232 g/mol. The standard InChI is InChI=1S/C13H13ClN2/c14-13-6-12(9-16-10-13)8-15-7-11-4-2-1-3-5-11/h1-6,9-10,15H,7-8H2. The number of pyridine rings is 1. The predicted molar refractivity (Wildman–Crippen MR) is 66.2 cm³/mol. The summed E-state index contributed by atoms with van der Waals surface area (Å²) in [4.78, 5) is 4.04. The third-order valence-corrected chi connectivity index (χ3v) is 2.47. The van der Waals surface area contributed by atoms with E-state index in [4.69, 9.17) is 11.6 Å². The molecule has 2 nitrogen and oxygen atoms in total. The van der Waals surface area contributed by atoms with Gasteiger partial charge in [-0.3, -0.25) is 4.98 Å². The van der Waals surface area contributed by atoms with E-state index < -0.39 is 0 Å². The van der Waals surface area contributed by atoms with Crippen molar-refractivity contribution in [2.45, 2.75) is 13.1 Å². The van der Waals surface area contributed by atoms with Gasteiger partial charge in [-0.25, -0.2) is 0 Å². The van der Waals surface area contributed by atoms with Crippen molar-refractivity contribution in [3.05, 3.63) is 64.9 Å². The average molecular weight is 233 g/mol. The van der Waals surface area contributed by atoms with E-state index in [1.807, 2.05) is 30.5 Å². The second kappa shape index (κ2) is 5.64. The highest BCUT2D eigenvalue weighted by Gasteiger charge is 1.95. The van der Waals surface area contributed by atoms with Gasteiger partial charge in [0.05, 0.1) is 5.02 Å². The Morgan fingerprint density at radius 1 is 1.00 bits per heavy atom. The normalized spacial score (nSPS) is 10.3. The Labute approximate surface area is 100 Å². The van der Waals surface area contributed by atoms with Crippen molar-refractivity contribution in [1.82, 2.24) is 10.3 Å². The zero-order valence-electron chi connectivity index (χ0n) is 8.86. The maximum absolute atomic E-state index is 5.85. The van der Waals surface area contributed by atoms with Crippen molar-refractivity contribution >= 4 is 11.6 Å². The molecule has 0 atom stereocenters. The number of nitrogens with one attached hydrogen (secondary N) is 1. The lowest BCUT2D eigenvalue weighted by molar-refractivity contribution is 0.691. The van der Waals surface area contributed by atoms with Gasteiger partial charge in [0.2, 0.25) is 0 Å². The van der Waals surface area contributed by atoms with Gasteiger partial charge >= 0.3 is 0 Å². The van der Waals surface area contributed by atoms with Crippen LogP contribution in [0.4, 0.5) is 0 Å². The summed E-state index contributed by atoms with van der Waals surface area (Å²) in [6.45, 7) is 1.63. The molecule has 0 spiro atoms. The Balaban J connectivity index is 1.85. The molecule has 0 saturated heterocycles. The first-order valence-corrected chi connectivity index (χ1v) is 5.56. The molecule has 3 heteroatoms. The van der Waals surface area contributed by atoms with E-state index >= 15 is 0 Å². The van der Waals surface area contributed by atoms with Gasteiger partial charge in [-0.15, -0.1) is 0 Å². The summed E-state index contributed by atoms with van der Waals surface area (Å²) in [5.74, 6) is 0. The van der Waals surface area contributed by atoms with E-state index in [9.17, 15) is 0 Å². The maximum atomic E-state index is 5.85. The molecule has 16 heavy (non-hydrogen) atoms. The van der Waals surface area contributed by atoms with Crippen molar-refractivity contribution in [1.29, 1.82) is 0 Å². The molecule has 0 aliphatic carbocycles. The fraction of sp³-hybridized carbons (Fsp3) is 0.154. The first-order chi connectivity index (χ1) is 7.84. The maximum Gasteiger partial charge on any atom is 0.0592 e. The SMILES string of the molecule is Clc1cncc(CNCc2ccccc2)c1. The summed E-state index contributed by atoms with van der Waals surface area (Å²) in [5, 5.41) is 4.03. The summed E-state index contributed by atoms with van der Waals surface area (Å²) in [6, 6.07) is 12.2. The highest BCUT2D eigenvalue weighted by atomic mass is 35.5. The summed E-state index contributed by atoms with van der Waals surface area (Å²) in [5.41, 5.74) is 2.38. The van der Waals surface area contributed by atoms with Crippen LogP contribution in [-0.2, 0) is 13.1 Å². The molecular weight excluding hydrogens is 220 g/mol. The molecule has 0 saturated carbocycles. The molecule has 1 N–H and O–H groups in total. The van der Waals surface area contributed by atoms with E-state index in [0.29, 0.717) is 5.02 Å². The molecule has 1 heterocycles. The van der Waals surface area contributed by atoms with Crippen LogP contribution in [0.2, 0.25) is 5.02 Å². The Bertz CT molecular complexity index is 443. The molecule has 0 radical (unpaired) electrons. The van der Waals surface area contributed by atoms with Crippen LogP contribution >= 0.6 is 11.6 Å². The lowest BCUT2D eigenvalue weighted by Gasteiger charge is -2.04. The Kier molecular flexibility index (Phi) is 3.91. The van der Waals surface area contributed by atoms with Crippen molar-refractivity contribution in [2.75, 3.05) is 0 Å². The van der Waals surface area contributed by atoms with Crippen molar-refractivity contribution < 1.29 is 0 Å². The third-order valence-electron chi connectivity index (χ3n) is 2.26. The minimum absolute atomic E-state index is 0.680. The van der Waals surface area contributed by atoms with Crippen LogP contribution < -0.4 is 5.32 Å². The molecule has 2 rings (SSSR count). The molecule has 0 aliphatic rings. The summed E-state index contributed by atoms with van der Waals surface area (Å²) < 4.78 is 0. The number of nitrogens with zero attached hydrogens (tertiary/aromatic N) is 1. The zero-order chi connectivity index (χ0) is 11.2. The molecule has 2 aromatic rings. The minimum atomic E-state index is 0.680. The van der Waals surface area contributed by atoms with Gasteiger partial charge in [0.15, 0.2) is 0 Å². The zero-order valence-corrected chi connectivity index (χ0v) is 9.61. The van der Waals surface area contributed by atoms with Crippen LogP contribution in [0.25, 0.3) is 0 Å². The second-order valence-electron chi connectivity index (χ2n) is 3.60. The second-order valence-corrected chi connectivity index (χ2v) is 4.04.